The Labute approximate surface area is 104 Å². The molecule has 0 saturated carbocycles. The first-order valence-electron chi connectivity index (χ1n) is 5.35. The van der Waals surface area contributed by atoms with Crippen molar-refractivity contribution >= 4 is 23.4 Å². The van der Waals surface area contributed by atoms with E-state index in [4.69, 9.17) is 0 Å². The second kappa shape index (κ2) is 4.71. The zero-order chi connectivity index (χ0) is 12.4. The van der Waals surface area contributed by atoms with E-state index in [1.807, 2.05) is 27.1 Å². The Hall–Kier alpha value is -1.62. The fourth-order valence-corrected chi connectivity index (χ4v) is 2.72. The van der Waals surface area contributed by atoms with Gasteiger partial charge in [0, 0.05) is 19.0 Å². The van der Waals surface area contributed by atoms with Crippen molar-refractivity contribution in [3.8, 4) is 0 Å². The molecule has 0 radical (unpaired) electrons. The molecule has 0 aliphatic heterocycles. The maximum Gasteiger partial charge on any atom is 0.155 e. The highest BCUT2D eigenvalue weighted by atomic mass is 32.1. The van der Waals surface area contributed by atoms with Gasteiger partial charge in [0.2, 0.25) is 0 Å². The summed E-state index contributed by atoms with van der Waals surface area (Å²) in [5, 5.41) is 6.33. The smallest absolute Gasteiger partial charge is 0.155 e. The summed E-state index contributed by atoms with van der Waals surface area (Å²) in [6.07, 6.45) is 0.878. The van der Waals surface area contributed by atoms with Crippen LogP contribution >= 0.6 is 11.3 Å². The van der Waals surface area contributed by atoms with Crippen LogP contribution < -0.4 is 4.90 Å². The summed E-state index contributed by atoms with van der Waals surface area (Å²) in [7, 11) is 3.84. The second-order valence-electron chi connectivity index (χ2n) is 4.00. The van der Waals surface area contributed by atoms with Gasteiger partial charge in [-0.2, -0.15) is 5.10 Å². The van der Waals surface area contributed by atoms with Gasteiger partial charge >= 0.3 is 0 Å². The third-order valence-electron chi connectivity index (χ3n) is 2.69. The second-order valence-corrected chi connectivity index (χ2v) is 5.03. The zero-order valence-corrected chi connectivity index (χ0v) is 11.0. The summed E-state index contributed by atoms with van der Waals surface area (Å²) in [6, 6.07) is 4.12. The van der Waals surface area contributed by atoms with Crippen LogP contribution in [-0.4, -0.2) is 23.1 Å². The molecule has 0 saturated heterocycles. The summed E-state index contributed by atoms with van der Waals surface area (Å²) >= 11 is 1.71. The van der Waals surface area contributed by atoms with E-state index in [2.05, 4.69) is 21.4 Å². The highest BCUT2D eigenvalue weighted by Gasteiger charge is 2.16. The number of aryl methyl sites for hydroxylation is 2. The van der Waals surface area contributed by atoms with Crippen molar-refractivity contribution in [1.29, 1.82) is 0 Å². The third-order valence-corrected chi connectivity index (χ3v) is 3.55. The van der Waals surface area contributed by atoms with Gasteiger partial charge in [0.05, 0.1) is 17.8 Å². The van der Waals surface area contributed by atoms with Gasteiger partial charge in [0.25, 0.3) is 0 Å². The highest BCUT2D eigenvalue weighted by Crippen LogP contribution is 2.22. The van der Waals surface area contributed by atoms with E-state index >= 15 is 0 Å². The number of nitrogens with zero attached hydrogens (tertiary/aromatic N) is 3. The first kappa shape index (κ1) is 11.9. The van der Waals surface area contributed by atoms with Crippen LogP contribution in [0.2, 0.25) is 0 Å². The number of hydrogen-bond acceptors (Lipinski definition) is 4. The molecule has 90 valence electrons. The van der Waals surface area contributed by atoms with E-state index in [1.165, 1.54) is 4.88 Å². The van der Waals surface area contributed by atoms with E-state index in [1.54, 1.807) is 16.0 Å². The molecule has 0 unspecified atom stereocenters. The number of hydrogen-bond donors (Lipinski definition) is 0. The number of carbonyl (C=O) groups is 1. The van der Waals surface area contributed by atoms with Crippen molar-refractivity contribution in [1.82, 2.24) is 9.78 Å². The minimum absolute atomic E-state index is 0.673. The van der Waals surface area contributed by atoms with Crippen LogP contribution in [-0.2, 0) is 13.6 Å². The van der Waals surface area contributed by atoms with Crippen molar-refractivity contribution in [3.63, 3.8) is 0 Å². The molecule has 0 aromatic carbocycles. The quantitative estimate of drug-likeness (QED) is 0.780. The molecule has 17 heavy (non-hydrogen) atoms. The Kier molecular flexibility index (Phi) is 3.28. The van der Waals surface area contributed by atoms with Gasteiger partial charge in [-0.3, -0.25) is 9.48 Å². The minimum Gasteiger partial charge on any atom is -0.354 e. The summed E-state index contributed by atoms with van der Waals surface area (Å²) in [4.78, 5) is 14.4. The van der Waals surface area contributed by atoms with Gasteiger partial charge in [0.15, 0.2) is 6.29 Å². The molecule has 5 heteroatoms. The van der Waals surface area contributed by atoms with Crippen molar-refractivity contribution < 1.29 is 4.79 Å². The number of aromatic nitrogens is 2. The Morgan fingerprint density at radius 2 is 2.35 bits per heavy atom. The molecule has 0 bridgehead atoms. The summed E-state index contributed by atoms with van der Waals surface area (Å²) in [5.41, 5.74) is 1.45. The fourth-order valence-electron chi connectivity index (χ4n) is 1.96. The number of rotatable bonds is 4. The Bertz CT molecular complexity index is 516. The van der Waals surface area contributed by atoms with Gasteiger partial charge in [-0.15, -0.1) is 11.3 Å². The van der Waals surface area contributed by atoms with Crippen LogP contribution in [0.4, 0.5) is 5.82 Å². The molecule has 4 nitrogen and oxygen atoms in total. The largest absolute Gasteiger partial charge is 0.354 e. The van der Waals surface area contributed by atoms with E-state index in [0.717, 1.165) is 24.3 Å². The average molecular weight is 249 g/mol. The molecule has 2 aromatic heterocycles. The van der Waals surface area contributed by atoms with Gasteiger partial charge in [-0.1, -0.05) is 6.07 Å². The topological polar surface area (TPSA) is 38.1 Å². The van der Waals surface area contributed by atoms with E-state index in [0.29, 0.717) is 5.56 Å². The third kappa shape index (κ3) is 2.24. The molecule has 2 rings (SSSR count). The monoisotopic (exact) mass is 249 g/mol. The average Bonchev–Trinajstić information content (AvgIpc) is 2.85. The van der Waals surface area contributed by atoms with Gasteiger partial charge in [0.1, 0.15) is 5.82 Å². The first-order chi connectivity index (χ1) is 8.13. The maximum atomic E-state index is 11.1. The van der Waals surface area contributed by atoms with Crippen LogP contribution in [0, 0.1) is 6.92 Å². The molecule has 0 spiro atoms. The van der Waals surface area contributed by atoms with Crippen molar-refractivity contribution in [3.05, 3.63) is 33.6 Å². The maximum absolute atomic E-state index is 11.1. The van der Waals surface area contributed by atoms with Crippen LogP contribution in [0.1, 0.15) is 20.9 Å². The predicted molar refractivity (Wildman–Crippen MR) is 69.8 cm³/mol. The SMILES string of the molecule is Cc1nn(C)c(N(C)Cc2cccs2)c1C=O. The lowest BCUT2D eigenvalue weighted by Crippen LogP contribution is -2.20. The normalized spacial score (nSPS) is 10.5. The molecule has 2 heterocycles. The number of carbonyl (C=O) groups excluding carboxylic acids is 1. The molecule has 2 aromatic rings. The Balaban J connectivity index is 2.30. The summed E-state index contributed by atoms with van der Waals surface area (Å²) < 4.78 is 1.76. The van der Waals surface area contributed by atoms with Gasteiger partial charge in [-0.05, 0) is 18.4 Å². The number of thiophene rings is 1. The molecule has 0 aliphatic carbocycles. The van der Waals surface area contributed by atoms with Crippen LogP contribution in [0.25, 0.3) is 0 Å². The summed E-state index contributed by atoms with van der Waals surface area (Å²) in [5.74, 6) is 0.867. The highest BCUT2D eigenvalue weighted by molar-refractivity contribution is 7.09. The number of aldehydes is 1. The Morgan fingerprint density at radius 3 is 2.94 bits per heavy atom. The predicted octanol–water partition coefficient (Wildman–Crippen LogP) is 2.24. The molecule has 0 aliphatic rings. The molecular formula is C12H15N3OS. The van der Waals surface area contributed by atoms with Crippen molar-refractivity contribution in [2.24, 2.45) is 7.05 Å². The van der Waals surface area contributed by atoms with Crippen molar-refractivity contribution in [2.75, 3.05) is 11.9 Å². The van der Waals surface area contributed by atoms with Crippen LogP contribution in [0.3, 0.4) is 0 Å². The standard InChI is InChI=1S/C12H15N3OS/c1-9-11(8-16)12(15(3)13-9)14(2)7-10-5-4-6-17-10/h4-6,8H,7H2,1-3H3. The molecule has 0 atom stereocenters. The zero-order valence-electron chi connectivity index (χ0n) is 10.2. The van der Waals surface area contributed by atoms with E-state index in [-0.39, 0.29) is 0 Å². The number of anilines is 1. The first-order valence-corrected chi connectivity index (χ1v) is 6.23. The lowest BCUT2D eigenvalue weighted by Gasteiger charge is -2.19. The van der Waals surface area contributed by atoms with Crippen LogP contribution in [0.5, 0.6) is 0 Å². The lowest BCUT2D eigenvalue weighted by molar-refractivity contribution is 0.112. The molecule has 0 N–H and O–H groups in total. The molecule has 0 amide bonds. The van der Waals surface area contributed by atoms with Crippen LogP contribution in [0.15, 0.2) is 17.5 Å². The van der Waals surface area contributed by atoms with E-state index < -0.39 is 0 Å². The fraction of sp³-hybridized carbons (Fsp3) is 0.333. The van der Waals surface area contributed by atoms with Gasteiger partial charge in [-0.25, -0.2) is 0 Å². The lowest BCUT2D eigenvalue weighted by atomic mass is 10.2. The van der Waals surface area contributed by atoms with Crippen molar-refractivity contribution in [2.45, 2.75) is 13.5 Å². The molecule has 0 fully saturated rings. The summed E-state index contributed by atoms with van der Waals surface area (Å²) in [6.45, 7) is 2.64. The van der Waals surface area contributed by atoms with E-state index in [9.17, 15) is 4.79 Å². The Morgan fingerprint density at radius 1 is 1.59 bits per heavy atom. The minimum atomic E-state index is 0.673. The van der Waals surface area contributed by atoms with Gasteiger partial charge < -0.3 is 4.90 Å². The molecular weight excluding hydrogens is 234 g/mol.